The third-order valence-electron chi connectivity index (χ3n) is 9.56. The number of hydrogen-bond donors (Lipinski definition) is 1. The lowest BCUT2D eigenvalue weighted by Gasteiger charge is -2.40. The first-order valence-electron chi connectivity index (χ1n) is 19.4. The quantitative estimate of drug-likeness (QED) is 0.0669. The molecule has 0 aromatic heterocycles. The van der Waals surface area contributed by atoms with Crippen LogP contribution in [0, 0.1) is 0 Å². The fraction of sp³-hybridized carbons (Fsp3) is 0.714. The number of rotatable bonds is 31. The van der Waals surface area contributed by atoms with Gasteiger partial charge in [0.25, 0.3) is 0 Å². The molecule has 0 aliphatic carbocycles. The van der Waals surface area contributed by atoms with Crippen molar-refractivity contribution in [2.45, 2.75) is 168 Å². The molecule has 2 aromatic rings. The highest BCUT2D eigenvalue weighted by Gasteiger charge is 2.31. The third-order valence-corrected chi connectivity index (χ3v) is 9.56. The highest BCUT2D eigenvalue weighted by atomic mass is 16.5. The van der Waals surface area contributed by atoms with E-state index in [-0.39, 0.29) is 6.10 Å². The first-order chi connectivity index (χ1) is 22.2. The van der Waals surface area contributed by atoms with Crippen LogP contribution in [0.4, 0.5) is 0 Å². The second kappa shape index (κ2) is 27.4. The molecule has 0 heterocycles. The molecule has 0 bridgehead atoms. The van der Waals surface area contributed by atoms with Crippen LogP contribution in [-0.4, -0.2) is 42.0 Å². The summed E-state index contributed by atoms with van der Waals surface area (Å²) in [7, 11) is 0. The van der Waals surface area contributed by atoms with Crippen molar-refractivity contribution in [1.82, 2.24) is 0 Å². The Morgan fingerprint density at radius 2 is 0.911 bits per heavy atom. The minimum atomic E-state index is -0.283. The topological polar surface area (TPSA) is 29.5 Å². The van der Waals surface area contributed by atoms with E-state index < -0.39 is 0 Å². The number of quaternary nitrogens is 1. The smallest absolute Gasteiger partial charge is 0.106 e. The molecule has 0 saturated carbocycles. The van der Waals surface area contributed by atoms with Gasteiger partial charge in [0.1, 0.15) is 32.3 Å². The summed E-state index contributed by atoms with van der Waals surface area (Å²) in [6.45, 7) is 9.73. The van der Waals surface area contributed by atoms with Crippen molar-refractivity contribution in [3.63, 3.8) is 0 Å². The van der Waals surface area contributed by atoms with Crippen LogP contribution in [0.25, 0.3) is 0 Å². The zero-order valence-electron chi connectivity index (χ0n) is 29.7. The summed E-state index contributed by atoms with van der Waals surface area (Å²) in [5.41, 5.74) is 2.68. The van der Waals surface area contributed by atoms with Gasteiger partial charge in [0.2, 0.25) is 0 Å². The van der Waals surface area contributed by atoms with Gasteiger partial charge in [-0.2, -0.15) is 0 Å². The van der Waals surface area contributed by atoms with Crippen LogP contribution in [0.15, 0.2) is 60.7 Å². The molecule has 0 saturated heterocycles. The van der Waals surface area contributed by atoms with E-state index in [0.29, 0.717) is 0 Å². The number of benzene rings is 2. The van der Waals surface area contributed by atoms with Crippen LogP contribution in [0.1, 0.15) is 160 Å². The molecule has 45 heavy (non-hydrogen) atoms. The van der Waals surface area contributed by atoms with Crippen molar-refractivity contribution < 1.29 is 14.3 Å². The Balaban J connectivity index is 1.82. The molecule has 256 valence electrons. The molecule has 0 radical (unpaired) electrons. The first kappa shape index (κ1) is 39.5. The van der Waals surface area contributed by atoms with Gasteiger partial charge in [-0.3, -0.25) is 0 Å². The van der Waals surface area contributed by atoms with Crippen LogP contribution < -0.4 is 0 Å². The number of aliphatic hydroxyl groups excluding tert-OH is 1. The summed E-state index contributed by atoms with van der Waals surface area (Å²) in [6, 6.07) is 21.8. The minimum absolute atomic E-state index is 0.283. The Bertz CT molecular complexity index is 845. The summed E-state index contributed by atoms with van der Waals surface area (Å²) in [5.74, 6) is 0. The lowest BCUT2D eigenvalue weighted by Crippen LogP contribution is -2.52. The van der Waals surface area contributed by atoms with Gasteiger partial charge in [-0.15, -0.1) is 0 Å². The number of aliphatic hydroxyl groups is 1. The lowest BCUT2D eigenvalue weighted by molar-refractivity contribution is -0.956. The Kier molecular flexibility index (Phi) is 24.1. The number of ether oxygens (including phenoxy) is 1. The Morgan fingerprint density at radius 3 is 1.36 bits per heavy atom. The fourth-order valence-corrected chi connectivity index (χ4v) is 6.83. The van der Waals surface area contributed by atoms with E-state index in [1.54, 1.807) is 0 Å². The second-order valence-corrected chi connectivity index (χ2v) is 14.0. The van der Waals surface area contributed by atoms with Gasteiger partial charge in [-0.1, -0.05) is 197 Å². The van der Waals surface area contributed by atoms with Crippen molar-refractivity contribution in [2.24, 2.45) is 0 Å². The van der Waals surface area contributed by atoms with Crippen molar-refractivity contribution in [1.29, 1.82) is 0 Å². The molecule has 0 amide bonds. The molecule has 2 aromatic carbocycles. The SMILES string of the molecule is CCCCCCCCCCCCCCOCC[N+](Cc1ccccc1)(Cc1ccccc1)CC(O)CCCCCCCCCC. The molecule has 1 atom stereocenters. The maximum Gasteiger partial charge on any atom is 0.106 e. The van der Waals surface area contributed by atoms with Gasteiger partial charge >= 0.3 is 0 Å². The van der Waals surface area contributed by atoms with Crippen LogP contribution in [0.3, 0.4) is 0 Å². The minimum Gasteiger partial charge on any atom is -0.387 e. The van der Waals surface area contributed by atoms with E-state index in [1.807, 2.05) is 0 Å². The lowest BCUT2D eigenvalue weighted by atomic mass is 10.0. The van der Waals surface area contributed by atoms with Crippen molar-refractivity contribution in [2.75, 3.05) is 26.3 Å². The highest BCUT2D eigenvalue weighted by Crippen LogP contribution is 2.23. The maximum atomic E-state index is 11.4. The standard InChI is InChI=1S/C42H72NO2/c1-3-5-7-9-11-13-14-15-16-18-20-28-35-45-36-34-43(37-40-29-23-21-24-30-40,38-41-31-25-22-26-32-41)39-42(44)33-27-19-17-12-10-8-6-4-2/h21-26,29-32,42,44H,3-20,27-28,33-39H2,1-2H3/q+1. The molecule has 0 aliphatic heterocycles. The fourth-order valence-electron chi connectivity index (χ4n) is 6.83. The summed E-state index contributed by atoms with van der Waals surface area (Å²) in [4.78, 5) is 0. The molecule has 0 spiro atoms. The van der Waals surface area contributed by atoms with Crippen LogP contribution in [-0.2, 0) is 17.8 Å². The average molecular weight is 623 g/mol. The summed E-state index contributed by atoms with van der Waals surface area (Å²) >= 11 is 0. The predicted molar refractivity (Wildman–Crippen MR) is 195 cm³/mol. The number of nitrogens with zero attached hydrogens (tertiary/aromatic N) is 1. The van der Waals surface area contributed by atoms with E-state index in [1.165, 1.54) is 127 Å². The van der Waals surface area contributed by atoms with Crippen molar-refractivity contribution in [3.05, 3.63) is 71.8 Å². The average Bonchev–Trinajstić information content (AvgIpc) is 3.05. The van der Waals surface area contributed by atoms with E-state index >= 15 is 0 Å². The largest absolute Gasteiger partial charge is 0.387 e. The molecule has 1 unspecified atom stereocenters. The van der Waals surface area contributed by atoms with Gasteiger partial charge in [-0.25, -0.2) is 0 Å². The zero-order valence-corrected chi connectivity index (χ0v) is 29.7. The molecule has 3 nitrogen and oxygen atoms in total. The van der Waals surface area contributed by atoms with Gasteiger partial charge in [0, 0.05) is 17.7 Å². The third kappa shape index (κ3) is 20.9. The Morgan fingerprint density at radius 1 is 0.511 bits per heavy atom. The van der Waals surface area contributed by atoms with Gasteiger partial charge in [0.05, 0.1) is 6.61 Å². The first-order valence-corrected chi connectivity index (χ1v) is 19.4. The van der Waals surface area contributed by atoms with Crippen LogP contribution >= 0.6 is 0 Å². The molecular weight excluding hydrogens is 550 g/mol. The van der Waals surface area contributed by atoms with Gasteiger partial charge in [0.15, 0.2) is 0 Å². The van der Waals surface area contributed by atoms with Crippen molar-refractivity contribution in [3.8, 4) is 0 Å². The number of hydrogen-bond acceptors (Lipinski definition) is 2. The van der Waals surface area contributed by atoms with Crippen molar-refractivity contribution >= 4 is 0 Å². The molecule has 1 N–H and O–H groups in total. The van der Waals surface area contributed by atoms with E-state index in [2.05, 4.69) is 74.5 Å². The Labute approximate surface area is 279 Å². The summed E-state index contributed by atoms with van der Waals surface area (Å²) in [5, 5.41) is 11.4. The molecular formula is C42H72NO2+. The summed E-state index contributed by atoms with van der Waals surface area (Å²) in [6.07, 6.45) is 27.5. The molecule has 0 fully saturated rings. The molecule has 3 heteroatoms. The van der Waals surface area contributed by atoms with Gasteiger partial charge < -0.3 is 14.3 Å². The van der Waals surface area contributed by atoms with E-state index in [0.717, 1.165) is 63.1 Å². The van der Waals surface area contributed by atoms with E-state index in [4.69, 9.17) is 4.74 Å². The second-order valence-electron chi connectivity index (χ2n) is 14.0. The zero-order chi connectivity index (χ0) is 32.1. The normalized spacial score (nSPS) is 12.5. The Hall–Kier alpha value is -1.68. The van der Waals surface area contributed by atoms with E-state index in [9.17, 15) is 5.11 Å². The molecule has 2 rings (SSSR count). The molecule has 0 aliphatic rings. The highest BCUT2D eigenvalue weighted by molar-refractivity contribution is 5.15. The van der Waals surface area contributed by atoms with Crippen LogP contribution in [0.5, 0.6) is 0 Å². The van der Waals surface area contributed by atoms with Crippen LogP contribution in [0.2, 0.25) is 0 Å². The van der Waals surface area contributed by atoms with Gasteiger partial charge in [-0.05, 0) is 12.8 Å². The number of unbranched alkanes of at least 4 members (excludes halogenated alkanes) is 18. The predicted octanol–water partition coefficient (Wildman–Crippen LogP) is 11.8. The maximum absolute atomic E-state index is 11.4. The monoisotopic (exact) mass is 623 g/mol. The summed E-state index contributed by atoms with van der Waals surface area (Å²) < 4.78 is 7.13.